The van der Waals surface area contributed by atoms with Crippen molar-refractivity contribution in [3.05, 3.63) is 49.5 Å². The van der Waals surface area contributed by atoms with E-state index in [0.29, 0.717) is 0 Å². The van der Waals surface area contributed by atoms with Gasteiger partial charge in [-0.3, -0.25) is 19.1 Å². The van der Waals surface area contributed by atoms with Crippen LogP contribution in [-0.4, -0.2) is 10.1 Å². The van der Waals surface area contributed by atoms with Crippen molar-refractivity contribution in [2.24, 2.45) is 0 Å². The minimum Gasteiger partial charge on any atom is -0.296 e. The molecule has 0 atom stereocenters. The summed E-state index contributed by atoms with van der Waals surface area (Å²) < 4.78 is 3.97. The van der Waals surface area contributed by atoms with Crippen LogP contribution < -0.4 is 16.6 Å². The molecule has 2 rings (SSSR count). The zero-order chi connectivity index (χ0) is 13.0. The van der Waals surface area contributed by atoms with Crippen molar-refractivity contribution in [3.63, 3.8) is 0 Å². The summed E-state index contributed by atoms with van der Waals surface area (Å²) in [4.78, 5) is 31.5. The van der Waals surface area contributed by atoms with Crippen LogP contribution in [0.1, 0.15) is 35.1 Å². The quantitative estimate of drug-likeness (QED) is 0.706. The molecule has 0 bridgehead atoms. The molecular formula is C11H20N2O4. The molecule has 98 valence electrons. The first-order chi connectivity index (χ1) is 7.70. The number of aromatic nitrogens is 2. The molecule has 0 saturated heterocycles. The van der Waals surface area contributed by atoms with Crippen molar-refractivity contribution in [3.8, 4) is 0 Å². The molecule has 1 N–H and O–H groups in total. The van der Waals surface area contributed by atoms with Crippen molar-refractivity contribution in [2.75, 3.05) is 0 Å². The van der Waals surface area contributed by atoms with Crippen LogP contribution in [0.5, 0.6) is 0 Å². The van der Waals surface area contributed by atoms with E-state index in [4.69, 9.17) is 0 Å². The van der Waals surface area contributed by atoms with Gasteiger partial charge in [-0.25, -0.2) is 4.79 Å². The SMILES string of the molecule is C.CC.CC.O=c1[nH]cno1.O=c1ccc1=O. The van der Waals surface area contributed by atoms with Gasteiger partial charge in [-0.15, -0.1) is 0 Å². The Morgan fingerprint density at radius 3 is 1.47 bits per heavy atom. The second-order valence-corrected chi connectivity index (χ2v) is 1.82. The standard InChI is InChI=1S/C4H2O2.C2H2N2O2.2C2H6.CH4/c5-3-1-2-4(3)6;5-2-3-1-4-6-2;2*1-2;/h1-2H;1H,(H,3,4,5);2*1-2H3;1H4. The van der Waals surface area contributed by atoms with Crippen LogP contribution in [0, 0.1) is 0 Å². The zero-order valence-electron chi connectivity index (χ0n) is 9.81. The molecule has 1 aromatic carbocycles. The Balaban J connectivity index is -0.000000171. The summed E-state index contributed by atoms with van der Waals surface area (Å²) in [5, 5.41) is 3.08. The minimum absolute atomic E-state index is 0. The molecule has 0 aliphatic carbocycles. The van der Waals surface area contributed by atoms with Crippen LogP contribution in [0.3, 0.4) is 0 Å². The normalized spacial score (nSPS) is 7.06. The van der Waals surface area contributed by atoms with Crippen LogP contribution in [0.2, 0.25) is 0 Å². The Labute approximate surface area is 100.0 Å². The fraction of sp³-hybridized carbons (Fsp3) is 0.455. The first-order valence-corrected chi connectivity index (χ1v) is 4.96. The van der Waals surface area contributed by atoms with Crippen molar-refractivity contribution in [2.45, 2.75) is 35.1 Å². The van der Waals surface area contributed by atoms with Crippen LogP contribution >= 0.6 is 0 Å². The Morgan fingerprint density at radius 2 is 1.41 bits per heavy atom. The van der Waals surface area contributed by atoms with Gasteiger partial charge in [0.1, 0.15) is 6.33 Å². The van der Waals surface area contributed by atoms with Gasteiger partial charge in [-0.2, -0.15) is 0 Å². The number of aromatic amines is 1. The van der Waals surface area contributed by atoms with E-state index in [-0.39, 0.29) is 18.3 Å². The monoisotopic (exact) mass is 244 g/mol. The maximum atomic E-state index is 9.79. The van der Waals surface area contributed by atoms with E-state index in [1.54, 1.807) is 0 Å². The smallest absolute Gasteiger partial charge is 0.296 e. The molecule has 1 aromatic heterocycles. The Morgan fingerprint density at radius 1 is 1.00 bits per heavy atom. The number of hydrogen-bond acceptors (Lipinski definition) is 5. The third-order valence-electron chi connectivity index (χ3n) is 1.000. The summed E-state index contributed by atoms with van der Waals surface area (Å²) in [5.74, 6) is -0.519. The van der Waals surface area contributed by atoms with Crippen molar-refractivity contribution < 1.29 is 4.52 Å². The topological polar surface area (TPSA) is 93.0 Å². The average molecular weight is 244 g/mol. The molecule has 0 aliphatic rings. The molecule has 0 fully saturated rings. The molecular weight excluding hydrogens is 224 g/mol. The Bertz CT molecular complexity index is 423. The summed E-state index contributed by atoms with van der Waals surface area (Å²) in [6, 6.07) is 2.50. The van der Waals surface area contributed by atoms with E-state index in [1.165, 1.54) is 18.5 Å². The second-order valence-electron chi connectivity index (χ2n) is 1.82. The van der Waals surface area contributed by atoms with Crippen molar-refractivity contribution >= 4 is 0 Å². The molecule has 17 heavy (non-hydrogen) atoms. The molecule has 6 nitrogen and oxygen atoms in total. The third kappa shape index (κ3) is 10.3. The molecule has 0 unspecified atom stereocenters. The van der Waals surface area contributed by atoms with Gasteiger partial charge in [-0.05, 0) is 12.1 Å². The molecule has 6 heteroatoms. The van der Waals surface area contributed by atoms with Gasteiger partial charge < -0.3 is 0 Å². The maximum absolute atomic E-state index is 9.79. The summed E-state index contributed by atoms with van der Waals surface area (Å²) in [7, 11) is 0. The first-order valence-electron chi connectivity index (χ1n) is 4.96. The molecule has 0 saturated carbocycles. The largest absolute Gasteiger partial charge is 0.438 e. The second kappa shape index (κ2) is 14.0. The zero-order valence-corrected chi connectivity index (χ0v) is 9.81. The van der Waals surface area contributed by atoms with Gasteiger partial charge in [0.25, 0.3) is 0 Å². The van der Waals surface area contributed by atoms with Gasteiger partial charge in [0, 0.05) is 0 Å². The highest BCUT2D eigenvalue weighted by Gasteiger charge is 1.89. The molecule has 0 aliphatic heterocycles. The predicted octanol–water partition coefficient (Wildman–Crippen LogP) is 1.33. The van der Waals surface area contributed by atoms with Crippen molar-refractivity contribution in [1.29, 1.82) is 0 Å². The van der Waals surface area contributed by atoms with Gasteiger partial charge >= 0.3 is 5.76 Å². The highest BCUT2D eigenvalue weighted by Crippen LogP contribution is 1.54. The van der Waals surface area contributed by atoms with E-state index >= 15 is 0 Å². The number of H-pyrrole nitrogens is 1. The molecule has 0 amide bonds. The summed E-state index contributed by atoms with van der Waals surface area (Å²) in [5.41, 5.74) is -0.759. The Hall–Kier alpha value is -1.98. The van der Waals surface area contributed by atoms with Gasteiger partial charge in [-0.1, -0.05) is 40.3 Å². The number of nitrogens with one attached hydrogen (secondary N) is 1. The van der Waals surface area contributed by atoms with Gasteiger partial charge in [0.15, 0.2) is 0 Å². The fourth-order valence-corrected chi connectivity index (χ4v) is 0.399. The minimum atomic E-state index is -0.519. The van der Waals surface area contributed by atoms with E-state index in [2.05, 4.69) is 14.7 Å². The lowest BCUT2D eigenvalue weighted by Gasteiger charge is -1.70. The highest BCUT2D eigenvalue weighted by molar-refractivity contribution is 5.01. The Kier molecular flexibility index (Phi) is 16.9. The molecule has 0 spiro atoms. The van der Waals surface area contributed by atoms with Crippen molar-refractivity contribution in [1.82, 2.24) is 10.1 Å². The molecule has 0 radical (unpaired) electrons. The maximum Gasteiger partial charge on any atom is 0.438 e. The lowest BCUT2D eigenvalue weighted by Crippen LogP contribution is -2.26. The van der Waals surface area contributed by atoms with E-state index < -0.39 is 5.76 Å². The van der Waals surface area contributed by atoms with Crippen LogP contribution in [-0.2, 0) is 0 Å². The summed E-state index contributed by atoms with van der Waals surface area (Å²) >= 11 is 0. The number of hydrogen-bond donors (Lipinski definition) is 1. The lowest BCUT2D eigenvalue weighted by atomic mass is 10.3. The fourth-order valence-electron chi connectivity index (χ4n) is 0.399. The summed E-state index contributed by atoms with van der Waals surface area (Å²) in [6.45, 7) is 8.00. The highest BCUT2D eigenvalue weighted by atomic mass is 16.5. The predicted molar refractivity (Wildman–Crippen MR) is 67.9 cm³/mol. The van der Waals surface area contributed by atoms with Crippen LogP contribution in [0.15, 0.2) is 37.4 Å². The van der Waals surface area contributed by atoms with Crippen LogP contribution in [0.25, 0.3) is 0 Å². The number of nitrogens with zero attached hydrogens (tertiary/aromatic N) is 1. The van der Waals surface area contributed by atoms with E-state index in [0.717, 1.165) is 0 Å². The summed E-state index contributed by atoms with van der Waals surface area (Å²) in [6.07, 6.45) is 1.18. The number of rotatable bonds is 0. The van der Waals surface area contributed by atoms with Crippen LogP contribution in [0.4, 0.5) is 0 Å². The molecule has 1 heterocycles. The molecule has 2 aromatic rings. The third-order valence-corrected chi connectivity index (χ3v) is 1.000. The average Bonchev–Trinajstić information content (AvgIpc) is 2.84. The van der Waals surface area contributed by atoms with Gasteiger partial charge in [0.2, 0.25) is 10.9 Å². The van der Waals surface area contributed by atoms with E-state index in [1.807, 2.05) is 27.7 Å². The van der Waals surface area contributed by atoms with E-state index in [9.17, 15) is 14.4 Å². The first kappa shape index (κ1) is 20.4. The lowest BCUT2D eigenvalue weighted by molar-refractivity contribution is 0.386. The van der Waals surface area contributed by atoms with Gasteiger partial charge in [0.05, 0.1) is 0 Å².